The number of nitrogens with zero attached hydrogens (tertiary/aromatic N) is 2. The van der Waals surface area contributed by atoms with E-state index in [4.69, 9.17) is 9.47 Å². The first-order valence-corrected chi connectivity index (χ1v) is 19.8. The second-order valence-electron chi connectivity index (χ2n) is 14.2. The van der Waals surface area contributed by atoms with E-state index in [2.05, 4.69) is 34.0 Å². The minimum absolute atomic E-state index is 0.0528. The van der Waals surface area contributed by atoms with Gasteiger partial charge < -0.3 is 19.7 Å². The molecule has 52 heavy (non-hydrogen) atoms. The first-order valence-electron chi connectivity index (χ1n) is 18.3. The Morgan fingerprint density at radius 3 is 2.31 bits per heavy atom. The predicted octanol–water partition coefficient (Wildman–Crippen LogP) is 6.34. The maximum atomic E-state index is 14.0. The summed E-state index contributed by atoms with van der Waals surface area (Å²) in [6.45, 7) is 7.99. The summed E-state index contributed by atoms with van der Waals surface area (Å²) in [5.74, 6) is 0.318. The monoisotopic (exact) mass is 726 g/mol. The van der Waals surface area contributed by atoms with E-state index in [-0.39, 0.29) is 30.1 Å². The van der Waals surface area contributed by atoms with Gasteiger partial charge in [-0.25, -0.2) is 13.1 Å². The fraction of sp³-hybridized carbons (Fsp3) is 0.415. The molecule has 0 radical (unpaired) electrons. The third-order valence-corrected chi connectivity index (χ3v) is 11.9. The lowest BCUT2D eigenvalue weighted by Crippen LogP contribution is -2.50. The molecular weight excluding hydrogens is 677 g/mol. The lowest BCUT2D eigenvalue weighted by molar-refractivity contribution is -0.136. The van der Waals surface area contributed by atoms with Crippen LogP contribution in [-0.4, -0.2) is 68.5 Å². The number of likely N-dealkylation sites (N-methyl/N-ethyl adjacent to an activating group) is 1. The first-order chi connectivity index (χ1) is 25.0. The van der Waals surface area contributed by atoms with Gasteiger partial charge in [0.1, 0.15) is 6.04 Å². The molecule has 0 saturated heterocycles. The van der Waals surface area contributed by atoms with Crippen molar-refractivity contribution in [3.8, 4) is 11.5 Å². The third-order valence-electron chi connectivity index (χ3n) is 10.4. The van der Waals surface area contributed by atoms with Gasteiger partial charge >= 0.3 is 0 Å². The molecule has 4 aromatic carbocycles. The molecule has 0 bridgehead atoms. The second kappa shape index (κ2) is 16.5. The van der Waals surface area contributed by atoms with Crippen LogP contribution in [0.2, 0.25) is 0 Å². The number of amides is 2. The molecule has 4 aromatic rings. The maximum absolute atomic E-state index is 14.0. The van der Waals surface area contributed by atoms with E-state index in [0.717, 1.165) is 24.0 Å². The van der Waals surface area contributed by atoms with E-state index < -0.39 is 28.0 Å². The number of carbonyl (C=O) groups excluding carboxylic acids is 2. The summed E-state index contributed by atoms with van der Waals surface area (Å²) in [7, 11) is -2.39. The van der Waals surface area contributed by atoms with Crippen LogP contribution in [0.3, 0.4) is 0 Å². The van der Waals surface area contributed by atoms with E-state index in [1.54, 1.807) is 54.4 Å². The summed E-state index contributed by atoms with van der Waals surface area (Å²) in [4.78, 5) is 32.0. The van der Waals surface area contributed by atoms with Crippen LogP contribution >= 0.6 is 0 Å². The van der Waals surface area contributed by atoms with Crippen molar-refractivity contribution in [2.24, 2.45) is 0 Å². The normalized spacial score (nSPS) is 15.7. The predicted molar refractivity (Wildman–Crippen MR) is 203 cm³/mol. The summed E-state index contributed by atoms with van der Waals surface area (Å²) < 4.78 is 41.9. The van der Waals surface area contributed by atoms with Crippen molar-refractivity contribution < 1.29 is 27.5 Å². The number of carbonyl (C=O) groups is 2. The summed E-state index contributed by atoms with van der Waals surface area (Å²) in [5.41, 5.74) is 2.67. The van der Waals surface area contributed by atoms with Crippen LogP contribution in [0.15, 0.2) is 89.8 Å². The van der Waals surface area contributed by atoms with Crippen LogP contribution in [0.25, 0.3) is 10.8 Å². The van der Waals surface area contributed by atoms with Gasteiger partial charge in [0.2, 0.25) is 28.6 Å². The van der Waals surface area contributed by atoms with Gasteiger partial charge in [0.05, 0.1) is 10.9 Å². The average Bonchev–Trinajstić information content (AvgIpc) is 3.86. The molecule has 1 heterocycles. The van der Waals surface area contributed by atoms with Gasteiger partial charge in [-0.3, -0.25) is 14.5 Å². The molecule has 2 atom stereocenters. The Kier molecular flexibility index (Phi) is 11.8. The largest absolute Gasteiger partial charge is 0.454 e. The Morgan fingerprint density at radius 2 is 1.58 bits per heavy atom. The number of benzene rings is 4. The fourth-order valence-electron chi connectivity index (χ4n) is 7.20. The number of hydrogen-bond donors (Lipinski definition) is 2. The number of nitrogens with one attached hydrogen (secondary N) is 2. The molecule has 1 aliphatic heterocycles. The van der Waals surface area contributed by atoms with Crippen molar-refractivity contribution in [3.63, 3.8) is 0 Å². The molecule has 10 nitrogen and oxygen atoms in total. The average molecular weight is 727 g/mol. The molecule has 2 unspecified atom stereocenters. The summed E-state index contributed by atoms with van der Waals surface area (Å²) in [6.07, 6.45) is 5.11. The van der Waals surface area contributed by atoms with Crippen LogP contribution in [0.1, 0.15) is 75.6 Å². The van der Waals surface area contributed by atoms with Gasteiger partial charge in [-0.05, 0) is 73.5 Å². The minimum atomic E-state index is -4.11. The molecule has 0 aromatic heterocycles. The van der Waals surface area contributed by atoms with Crippen LogP contribution < -0.4 is 19.5 Å². The highest BCUT2D eigenvalue weighted by atomic mass is 32.2. The van der Waals surface area contributed by atoms with E-state index in [1.807, 2.05) is 44.2 Å². The summed E-state index contributed by atoms with van der Waals surface area (Å²) in [5, 5.41) is 4.32. The van der Waals surface area contributed by atoms with Gasteiger partial charge in [-0.1, -0.05) is 86.5 Å². The highest BCUT2D eigenvalue weighted by molar-refractivity contribution is 7.89. The lowest BCUT2D eigenvalue weighted by atomic mass is 10.0. The zero-order valence-electron chi connectivity index (χ0n) is 30.5. The van der Waals surface area contributed by atoms with E-state index >= 15 is 0 Å². The Hall–Kier alpha value is -4.45. The Bertz CT molecular complexity index is 1970. The molecule has 2 aliphatic rings. The molecule has 276 valence electrons. The van der Waals surface area contributed by atoms with Crippen molar-refractivity contribution in [2.75, 3.05) is 20.4 Å². The van der Waals surface area contributed by atoms with E-state index in [1.165, 1.54) is 31.2 Å². The number of fused-ring (bicyclic) bond motifs is 2. The zero-order valence-corrected chi connectivity index (χ0v) is 31.3. The SMILES string of the molecule is CCN(Cc1ccc(CC(NC(=O)CC(NS(=O)(=O)c2cccc3ccccc23)c2ccc3c(c2)OCO3)C(=O)N(C)C(C)C)cc1)C1CCCC1. The van der Waals surface area contributed by atoms with Crippen molar-refractivity contribution in [1.82, 2.24) is 19.8 Å². The van der Waals surface area contributed by atoms with Gasteiger partial charge in [-0.15, -0.1) is 0 Å². The molecule has 11 heteroatoms. The van der Waals surface area contributed by atoms with Crippen molar-refractivity contribution >= 4 is 32.6 Å². The van der Waals surface area contributed by atoms with E-state index in [0.29, 0.717) is 34.9 Å². The minimum Gasteiger partial charge on any atom is -0.454 e. The second-order valence-corrected chi connectivity index (χ2v) is 15.8. The van der Waals surface area contributed by atoms with Gasteiger partial charge in [0.15, 0.2) is 11.5 Å². The molecule has 0 spiro atoms. The van der Waals surface area contributed by atoms with Gasteiger partial charge in [0, 0.05) is 43.9 Å². The third kappa shape index (κ3) is 8.77. The molecule has 2 amide bonds. The van der Waals surface area contributed by atoms with E-state index in [9.17, 15) is 18.0 Å². The molecular formula is C41H50N4O6S. The highest BCUT2D eigenvalue weighted by Crippen LogP contribution is 2.36. The smallest absolute Gasteiger partial charge is 0.245 e. The lowest BCUT2D eigenvalue weighted by Gasteiger charge is -2.29. The van der Waals surface area contributed by atoms with Crippen LogP contribution in [0, 0.1) is 0 Å². The standard InChI is InChI=1S/C41H50N4O6S/c1-5-45(33-13-7-8-14-33)26-30-19-17-29(18-20-30)23-36(41(47)44(4)28(2)3)42-40(46)25-35(32-21-22-37-38(24-32)51-27-50-37)43-52(48,49)39-16-10-12-31-11-6-9-15-34(31)39/h6,9-12,15-22,24,28,33,35-36,43H,5,7-8,13-14,23,25-27H2,1-4H3,(H,42,46). The molecule has 1 fully saturated rings. The fourth-order valence-corrected chi connectivity index (χ4v) is 8.65. The molecule has 1 aliphatic carbocycles. The van der Waals surface area contributed by atoms with Crippen LogP contribution in [0.4, 0.5) is 0 Å². The number of hydrogen-bond acceptors (Lipinski definition) is 7. The number of rotatable bonds is 15. The number of ether oxygens (including phenoxy) is 2. The Balaban J connectivity index is 1.23. The topological polar surface area (TPSA) is 117 Å². The summed E-state index contributed by atoms with van der Waals surface area (Å²) in [6, 6.07) is 24.5. The zero-order chi connectivity index (χ0) is 36.8. The molecule has 1 saturated carbocycles. The first kappa shape index (κ1) is 37.3. The van der Waals surface area contributed by atoms with Crippen LogP contribution in [0.5, 0.6) is 11.5 Å². The maximum Gasteiger partial charge on any atom is 0.245 e. The number of sulfonamides is 1. The molecule has 6 rings (SSSR count). The molecule has 2 N–H and O–H groups in total. The van der Waals surface area contributed by atoms with Crippen LogP contribution in [-0.2, 0) is 32.6 Å². The Labute approximate surface area is 307 Å². The quantitative estimate of drug-likeness (QED) is 0.147. The highest BCUT2D eigenvalue weighted by Gasteiger charge is 2.30. The van der Waals surface area contributed by atoms with Crippen molar-refractivity contribution in [2.45, 2.75) is 94.9 Å². The van der Waals surface area contributed by atoms with Gasteiger partial charge in [0.25, 0.3) is 0 Å². The van der Waals surface area contributed by atoms with Gasteiger partial charge in [-0.2, -0.15) is 0 Å². The van der Waals surface area contributed by atoms with Crippen molar-refractivity contribution in [3.05, 3.63) is 102 Å². The Morgan fingerprint density at radius 1 is 0.885 bits per heavy atom. The van der Waals surface area contributed by atoms with Crippen molar-refractivity contribution in [1.29, 1.82) is 0 Å². The summed E-state index contributed by atoms with van der Waals surface area (Å²) >= 11 is 0.